The quantitative estimate of drug-likeness (QED) is 0.526. The molecule has 0 rings (SSSR count). The van der Waals surface area contributed by atoms with Crippen LogP contribution in [0.2, 0.25) is 0 Å². The van der Waals surface area contributed by atoms with Crippen LogP contribution in [0.15, 0.2) is 0 Å². The first-order valence-electron chi connectivity index (χ1n) is 4.10. The topological polar surface area (TPSA) is 38.0 Å². The molecule has 0 radical (unpaired) electrons. The molecule has 1 unspecified atom stereocenters. The predicted octanol–water partition coefficient (Wildman–Crippen LogP) is 1.91. The van der Waals surface area contributed by atoms with Crippen LogP contribution in [0.4, 0.5) is 13.2 Å². The van der Waals surface area contributed by atoms with Crippen molar-refractivity contribution in [2.75, 3.05) is 11.5 Å². The van der Waals surface area contributed by atoms with Gasteiger partial charge in [-0.3, -0.25) is 11.3 Å². The first-order valence-corrected chi connectivity index (χ1v) is 5.25. The molecule has 0 fully saturated rings. The summed E-state index contributed by atoms with van der Waals surface area (Å²) in [6.45, 7) is 1.96. The summed E-state index contributed by atoms with van der Waals surface area (Å²) in [5, 5.41) is 0. The molecule has 1 atom stereocenters. The van der Waals surface area contributed by atoms with Crippen molar-refractivity contribution in [2.45, 2.75) is 32.0 Å². The molecule has 0 bridgehead atoms. The van der Waals surface area contributed by atoms with Gasteiger partial charge in [0.05, 0.1) is 0 Å². The lowest BCUT2D eigenvalue weighted by Crippen LogP contribution is -2.37. The SMILES string of the molecule is CCSCC(CCC(F)(F)F)NN. The first kappa shape index (κ1) is 13.1. The zero-order valence-corrected chi connectivity index (χ0v) is 8.34. The van der Waals surface area contributed by atoms with Crippen LogP contribution < -0.4 is 11.3 Å². The van der Waals surface area contributed by atoms with Crippen LogP contribution in [0.25, 0.3) is 0 Å². The monoisotopic (exact) mass is 216 g/mol. The van der Waals surface area contributed by atoms with Gasteiger partial charge in [-0.05, 0) is 12.2 Å². The molecule has 6 heteroatoms. The summed E-state index contributed by atoms with van der Waals surface area (Å²) in [7, 11) is 0. The number of alkyl halides is 3. The van der Waals surface area contributed by atoms with Gasteiger partial charge < -0.3 is 0 Å². The van der Waals surface area contributed by atoms with E-state index in [0.29, 0.717) is 5.75 Å². The summed E-state index contributed by atoms with van der Waals surface area (Å²) in [6.07, 6.45) is -4.80. The van der Waals surface area contributed by atoms with Crippen molar-refractivity contribution < 1.29 is 13.2 Å². The van der Waals surface area contributed by atoms with E-state index in [2.05, 4.69) is 5.43 Å². The third-order valence-corrected chi connectivity index (χ3v) is 2.58. The number of thioether (sulfide) groups is 1. The minimum absolute atomic E-state index is 0.0486. The van der Waals surface area contributed by atoms with Crippen LogP contribution in [0.3, 0.4) is 0 Å². The van der Waals surface area contributed by atoms with Crippen molar-refractivity contribution in [3.63, 3.8) is 0 Å². The molecule has 80 valence electrons. The Bertz CT molecular complexity index is 129. The van der Waals surface area contributed by atoms with Gasteiger partial charge in [0.1, 0.15) is 0 Å². The molecular formula is C7H15F3N2S. The third-order valence-electron chi connectivity index (χ3n) is 1.54. The highest BCUT2D eigenvalue weighted by molar-refractivity contribution is 7.99. The van der Waals surface area contributed by atoms with E-state index in [4.69, 9.17) is 5.84 Å². The molecular weight excluding hydrogens is 201 g/mol. The van der Waals surface area contributed by atoms with Crippen molar-refractivity contribution in [1.29, 1.82) is 0 Å². The number of hydrogen-bond donors (Lipinski definition) is 2. The van der Waals surface area contributed by atoms with E-state index in [-0.39, 0.29) is 12.5 Å². The number of rotatable bonds is 6. The molecule has 0 aliphatic rings. The Morgan fingerprint density at radius 3 is 2.46 bits per heavy atom. The van der Waals surface area contributed by atoms with Crippen LogP contribution in [0.5, 0.6) is 0 Å². The van der Waals surface area contributed by atoms with Crippen molar-refractivity contribution in [3.8, 4) is 0 Å². The van der Waals surface area contributed by atoms with E-state index in [0.717, 1.165) is 5.75 Å². The third kappa shape index (κ3) is 8.39. The highest BCUT2D eigenvalue weighted by atomic mass is 32.2. The fraction of sp³-hybridized carbons (Fsp3) is 1.00. The average Bonchev–Trinajstić information content (AvgIpc) is 2.03. The average molecular weight is 216 g/mol. The second-order valence-electron chi connectivity index (χ2n) is 2.68. The molecule has 0 aromatic heterocycles. The van der Waals surface area contributed by atoms with E-state index in [1.807, 2.05) is 6.92 Å². The van der Waals surface area contributed by atoms with Crippen molar-refractivity contribution in [1.82, 2.24) is 5.43 Å². The van der Waals surface area contributed by atoms with Crippen LogP contribution in [0.1, 0.15) is 19.8 Å². The number of halogens is 3. The largest absolute Gasteiger partial charge is 0.389 e. The van der Waals surface area contributed by atoms with Crippen LogP contribution >= 0.6 is 11.8 Å². The molecule has 13 heavy (non-hydrogen) atoms. The van der Waals surface area contributed by atoms with E-state index < -0.39 is 12.6 Å². The number of nitrogens with one attached hydrogen (secondary N) is 1. The van der Waals surface area contributed by atoms with Gasteiger partial charge in [0.25, 0.3) is 0 Å². The van der Waals surface area contributed by atoms with Gasteiger partial charge in [-0.25, -0.2) is 0 Å². The number of hydrazine groups is 1. The van der Waals surface area contributed by atoms with Crippen molar-refractivity contribution in [3.05, 3.63) is 0 Å². The number of nitrogens with two attached hydrogens (primary N) is 1. The molecule has 0 aromatic rings. The van der Waals surface area contributed by atoms with Gasteiger partial charge in [-0.2, -0.15) is 24.9 Å². The minimum atomic E-state index is -4.08. The summed E-state index contributed by atoms with van der Waals surface area (Å²) < 4.78 is 35.4. The Morgan fingerprint density at radius 1 is 1.46 bits per heavy atom. The molecule has 2 nitrogen and oxygen atoms in total. The fourth-order valence-corrected chi connectivity index (χ4v) is 1.60. The Kier molecular flexibility index (Phi) is 6.53. The maximum atomic E-state index is 11.8. The lowest BCUT2D eigenvalue weighted by Gasteiger charge is -2.15. The zero-order chi connectivity index (χ0) is 10.3. The fourth-order valence-electron chi connectivity index (χ4n) is 0.813. The summed E-state index contributed by atoms with van der Waals surface area (Å²) in [5.74, 6) is 6.63. The molecule has 3 N–H and O–H groups in total. The van der Waals surface area contributed by atoms with E-state index in [1.54, 1.807) is 11.8 Å². The standard InChI is InChI=1S/C7H15F3N2S/c1-2-13-5-6(12-11)3-4-7(8,9)10/h6,12H,2-5,11H2,1H3. The molecule has 0 saturated carbocycles. The van der Waals surface area contributed by atoms with Gasteiger partial charge in [0.2, 0.25) is 0 Å². The minimum Gasteiger partial charge on any atom is -0.271 e. The Morgan fingerprint density at radius 2 is 2.08 bits per heavy atom. The van der Waals surface area contributed by atoms with Gasteiger partial charge >= 0.3 is 6.18 Å². The van der Waals surface area contributed by atoms with Crippen LogP contribution in [-0.2, 0) is 0 Å². The van der Waals surface area contributed by atoms with Gasteiger partial charge in [-0.1, -0.05) is 6.92 Å². The van der Waals surface area contributed by atoms with Gasteiger partial charge in [0, 0.05) is 18.2 Å². The molecule has 0 amide bonds. The Labute approximate surface area is 80.4 Å². The Balaban J connectivity index is 3.59. The maximum Gasteiger partial charge on any atom is 0.389 e. The summed E-state index contributed by atoms with van der Waals surface area (Å²) in [6, 6.07) is -0.244. The van der Waals surface area contributed by atoms with E-state index in [9.17, 15) is 13.2 Å². The smallest absolute Gasteiger partial charge is 0.271 e. The molecule has 0 aliphatic heterocycles. The molecule has 0 heterocycles. The van der Waals surface area contributed by atoms with Crippen molar-refractivity contribution in [2.24, 2.45) is 5.84 Å². The van der Waals surface area contributed by atoms with Gasteiger partial charge in [-0.15, -0.1) is 0 Å². The van der Waals surface area contributed by atoms with Crippen LogP contribution in [0, 0.1) is 0 Å². The molecule has 0 spiro atoms. The first-order chi connectivity index (χ1) is 5.99. The second-order valence-corrected chi connectivity index (χ2v) is 4.00. The Hall–Kier alpha value is 0.0600. The lowest BCUT2D eigenvalue weighted by molar-refractivity contribution is -0.136. The molecule has 0 aliphatic carbocycles. The normalized spacial score (nSPS) is 14.5. The summed E-state index contributed by atoms with van der Waals surface area (Å²) in [4.78, 5) is 0. The lowest BCUT2D eigenvalue weighted by atomic mass is 10.2. The predicted molar refractivity (Wildman–Crippen MR) is 49.4 cm³/mol. The summed E-state index contributed by atoms with van der Waals surface area (Å²) in [5.41, 5.74) is 2.39. The molecule has 0 saturated heterocycles. The zero-order valence-electron chi connectivity index (χ0n) is 7.53. The highest BCUT2D eigenvalue weighted by Gasteiger charge is 2.27. The van der Waals surface area contributed by atoms with Crippen LogP contribution in [-0.4, -0.2) is 23.7 Å². The maximum absolute atomic E-state index is 11.8. The van der Waals surface area contributed by atoms with Gasteiger partial charge in [0.15, 0.2) is 0 Å². The number of hydrogen-bond acceptors (Lipinski definition) is 3. The van der Waals surface area contributed by atoms with E-state index in [1.165, 1.54) is 0 Å². The highest BCUT2D eigenvalue weighted by Crippen LogP contribution is 2.22. The second kappa shape index (κ2) is 6.50. The summed E-state index contributed by atoms with van der Waals surface area (Å²) >= 11 is 1.58. The van der Waals surface area contributed by atoms with Crippen molar-refractivity contribution >= 4 is 11.8 Å². The van der Waals surface area contributed by atoms with E-state index >= 15 is 0 Å². The molecule has 0 aromatic carbocycles.